The SMILES string of the molecule is CCc1nc(C2CCCC2)c(I)c(=O)[nH]1. The lowest BCUT2D eigenvalue weighted by molar-refractivity contribution is 0.675. The summed E-state index contributed by atoms with van der Waals surface area (Å²) >= 11 is 2.12. The van der Waals surface area contributed by atoms with Crippen molar-refractivity contribution in [2.45, 2.75) is 44.9 Å². The molecule has 1 aromatic rings. The maximum Gasteiger partial charge on any atom is 0.264 e. The Kier molecular flexibility index (Phi) is 3.43. The maximum absolute atomic E-state index is 11.7. The van der Waals surface area contributed by atoms with Crippen LogP contribution in [0.5, 0.6) is 0 Å². The summed E-state index contributed by atoms with van der Waals surface area (Å²) in [4.78, 5) is 19.1. The first-order valence-electron chi connectivity index (χ1n) is 5.51. The summed E-state index contributed by atoms with van der Waals surface area (Å²) in [6.07, 6.45) is 5.73. The van der Waals surface area contributed by atoms with Crippen LogP contribution in [0.4, 0.5) is 0 Å². The molecule has 1 saturated carbocycles. The number of rotatable bonds is 2. The van der Waals surface area contributed by atoms with E-state index >= 15 is 0 Å². The smallest absolute Gasteiger partial charge is 0.264 e. The van der Waals surface area contributed by atoms with Crippen LogP contribution in [0.15, 0.2) is 4.79 Å². The molecule has 2 rings (SSSR count). The molecule has 1 fully saturated rings. The Balaban J connectivity index is 2.44. The molecule has 1 heterocycles. The number of aromatic amines is 1. The quantitative estimate of drug-likeness (QED) is 0.852. The van der Waals surface area contributed by atoms with Crippen LogP contribution in [-0.2, 0) is 6.42 Å². The highest BCUT2D eigenvalue weighted by molar-refractivity contribution is 14.1. The number of nitrogens with zero attached hydrogens (tertiary/aromatic N) is 1. The van der Waals surface area contributed by atoms with Crippen molar-refractivity contribution in [3.8, 4) is 0 Å². The summed E-state index contributed by atoms with van der Waals surface area (Å²) in [5.74, 6) is 1.34. The second-order valence-corrected chi connectivity index (χ2v) is 5.13. The summed E-state index contributed by atoms with van der Waals surface area (Å²) < 4.78 is 0.789. The lowest BCUT2D eigenvalue weighted by Crippen LogP contribution is -2.19. The van der Waals surface area contributed by atoms with Crippen molar-refractivity contribution < 1.29 is 0 Å². The second kappa shape index (κ2) is 4.63. The first kappa shape index (κ1) is 11.1. The zero-order valence-electron chi connectivity index (χ0n) is 8.85. The molecule has 1 N–H and O–H groups in total. The average Bonchev–Trinajstić information content (AvgIpc) is 2.75. The highest BCUT2D eigenvalue weighted by Gasteiger charge is 2.22. The van der Waals surface area contributed by atoms with Gasteiger partial charge in [0.1, 0.15) is 5.82 Å². The van der Waals surface area contributed by atoms with Gasteiger partial charge in [-0.25, -0.2) is 4.98 Å². The monoisotopic (exact) mass is 318 g/mol. The Morgan fingerprint density at radius 1 is 1.47 bits per heavy atom. The van der Waals surface area contributed by atoms with Gasteiger partial charge in [0.15, 0.2) is 0 Å². The fourth-order valence-corrected chi connectivity index (χ4v) is 2.86. The third-order valence-electron chi connectivity index (χ3n) is 3.01. The molecule has 0 saturated heterocycles. The van der Waals surface area contributed by atoms with Crippen LogP contribution in [0, 0.1) is 3.57 Å². The summed E-state index contributed by atoms with van der Waals surface area (Å²) in [7, 11) is 0. The Labute approximate surface area is 103 Å². The summed E-state index contributed by atoms with van der Waals surface area (Å²) in [5, 5.41) is 0. The van der Waals surface area contributed by atoms with Crippen LogP contribution in [0.25, 0.3) is 0 Å². The lowest BCUT2D eigenvalue weighted by Gasteiger charge is -2.11. The minimum atomic E-state index is 0.0318. The Hall–Kier alpha value is -0.390. The van der Waals surface area contributed by atoms with Gasteiger partial charge in [0.05, 0.1) is 9.26 Å². The maximum atomic E-state index is 11.7. The molecule has 1 aliphatic rings. The van der Waals surface area contributed by atoms with E-state index in [9.17, 15) is 4.79 Å². The number of hydrogen-bond acceptors (Lipinski definition) is 2. The number of halogens is 1. The van der Waals surface area contributed by atoms with E-state index in [0.29, 0.717) is 5.92 Å². The highest BCUT2D eigenvalue weighted by Crippen LogP contribution is 2.34. The lowest BCUT2D eigenvalue weighted by atomic mass is 10.0. The van der Waals surface area contributed by atoms with Gasteiger partial charge >= 0.3 is 0 Å². The van der Waals surface area contributed by atoms with Gasteiger partial charge < -0.3 is 4.98 Å². The van der Waals surface area contributed by atoms with E-state index in [1.807, 2.05) is 6.92 Å². The van der Waals surface area contributed by atoms with Crippen LogP contribution in [0.3, 0.4) is 0 Å². The molecular weight excluding hydrogens is 303 g/mol. The van der Waals surface area contributed by atoms with Crippen LogP contribution in [0.1, 0.15) is 50.0 Å². The molecule has 4 heteroatoms. The third-order valence-corrected chi connectivity index (χ3v) is 4.06. The van der Waals surface area contributed by atoms with E-state index in [1.54, 1.807) is 0 Å². The molecule has 1 aromatic heterocycles. The van der Waals surface area contributed by atoms with E-state index in [4.69, 9.17) is 0 Å². The fraction of sp³-hybridized carbons (Fsp3) is 0.636. The predicted octanol–water partition coefficient (Wildman–Crippen LogP) is 2.59. The molecule has 0 radical (unpaired) electrons. The van der Waals surface area contributed by atoms with Crippen LogP contribution in [-0.4, -0.2) is 9.97 Å². The van der Waals surface area contributed by atoms with Gasteiger partial charge in [-0.15, -0.1) is 0 Å². The first-order chi connectivity index (χ1) is 7.22. The van der Waals surface area contributed by atoms with Crippen LogP contribution < -0.4 is 5.56 Å². The molecule has 3 nitrogen and oxygen atoms in total. The molecule has 1 aliphatic carbocycles. The van der Waals surface area contributed by atoms with Gasteiger partial charge in [0, 0.05) is 12.3 Å². The van der Waals surface area contributed by atoms with Crippen LogP contribution in [0.2, 0.25) is 0 Å². The Bertz CT molecular complexity index is 408. The molecule has 0 bridgehead atoms. The van der Waals surface area contributed by atoms with Gasteiger partial charge in [0.2, 0.25) is 0 Å². The molecule has 0 atom stereocenters. The first-order valence-corrected chi connectivity index (χ1v) is 6.58. The molecule has 15 heavy (non-hydrogen) atoms. The van der Waals surface area contributed by atoms with Gasteiger partial charge in [-0.05, 0) is 35.4 Å². The summed E-state index contributed by atoms with van der Waals surface area (Å²) in [6, 6.07) is 0. The number of aryl methyl sites for hydroxylation is 1. The highest BCUT2D eigenvalue weighted by atomic mass is 127. The molecule has 0 unspecified atom stereocenters. The Morgan fingerprint density at radius 3 is 2.73 bits per heavy atom. The largest absolute Gasteiger partial charge is 0.310 e. The van der Waals surface area contributed by atoms with Crippen molar-refractivity contribution in [1.82, 2.24) is 9.97 Å². The van der Waals surface area contributed by atoms with Gasteiger partial charge in [-0.3, -0.25) is 4.79 Å². The topological polar surface area (TPSA) is 45.8 Å². The molecular formula is C11H15IN2O. The van der Waals surface area contributed by atoms with Gasteiger partial charge in [0.25, 0.3) is 5.56 Å². The Morgan fingerprint density at radius 2 is 2.13 bits per heavy atom. The van der Waals surface area contributed by atoms with Crippen molar-refractivity contribution in [3.63, 3.8) is 0 Å². The summed E-state index contributed by atoms with van der Waals surface area (Å²) in [6.45, 7) is 2.02. The zero-order valence-corrected chi connectivity index (χ0v) is 11.0. The average molecular weight is 318 g/mol. The van der Waals surface area contributed by atoms with Crippen molar-refractivity contribution in [2.24, 2.45) is 0 Å². The fourth-order valence-electron chi connectivity index (χ4n) is 2.16. The van der Waals surface area contributed by atoms with E-state index in [2.05, 4.69) is 32.6 Å². The molecule has 0 aliphatic heterocycles. The molecule has 0 spiro atoms. The minimum absolute atomic E-state index is 0.0318. The van der Waals surface area contributed by atoms with Crippen molar-refractivity contribution in [1.29, 1.82) is 0 Å². The second-order valence-electron chi connectivity index (χ2n) is 4.05. The number of H-pyrrole nitrogens is 1. The van der Waals surface area contributed by atoms with Crippen molar-refractivity contribution in [2.75, 3.05) is 0 Å². The minimum Gasteiger partial charge on any atom is -0.310 e. The van der Waals surface area contributed by atoms with E-state index in [1.165, 1.54) is 25.7 Å². The molecule has 82 valence electrons. The van der Waals surface area contributed by atoms with Gasteiger partial charge in [-0.1, -0.05) is 19.8 Å². The molecule has 0 amide bonds. The van der Waals surface area contributed by atoms with Gasteiger partial charge in [-0.2, -0.15) is 0 Å². The normalized spacial score (nSPS) is 17.2. The molecule has 0 aromatic carbocycles. The predicted molar refractivity (Wildman–Crippen MR) is 68.2 cm³/mol. The van der Waals surface area contributed by atoms with Crippen LogP contribution >= 0.6 is 22.6 Å². The number of nitrogens with one attached hydrogen (secondary N) is 1. The standard InChI is InChI=1S/C11H15IN2O/c1-2-8-13-10(7-5-3-4-6-7)9(12)11(15)14-8/h7H,2-6H2,1H3,(H,13,14,15). The van der Waals surface area contributed by atoms with E-state index < -0.39 is 0 Å². The van der Waals surface area contributed by atoms with E-state index in [-0.39, 0.29) is 5.56 Å². The summed E-state index contributed by atoms with van der Waals surface area (Å²) in [5.41, 5.74) is 1.07. The third kappa shape index (κ3) is 2.24. The number of aromatic nitrogens is 2. The zero-order chi connectivity index (χ0) is 10.8. The number of hydrogen-bond donors (Lipinski definition) is 1. The van der Waals surface area contributed by atoms with Crippen molar-refractivity contribution >= 4 is 22.6 Å². The van der Waals surface area contributed by atoms with E-state index in [0.717, 1.165) is 21.5 Å². The van der Waals surface area contributed by atoms with Crippen molar-refractivity contribution in [3.05, 3.63) is 25.4 Å².